The minimum atomic E-state index is -0.583. The van der Waals surface area contributed by atoms with Crippen LogP contribution in [0.5, 0.6) is 0 Å². The smallest absolute Gasteiger partial charge is 0.319 e. The van der Waals surface area contributed by atoms with Crippen molar-refractivity contribution in [3.05, 3.63) is 59.9 Å². The minimum absolute atomic E-state index is 0.0129. The standard InChI is InChI=1S/C32H41FN8O3/c1-32(2,3)30(43)41-16-14-27(35-31(44)34-25-9-5-8-23(18-25)28-36-37-38-39(28)4)26(20-41)29(42)40-15-6-7-22(19-40)17-21-10-12-24(33)13-11-21/h5,8-13,18,22,26-27H,6-7,14-17,19-20H2,1-4H3,(H2,34,35,44)/t22-,26?,27?/m1/s1. The Morgan fingerprint density at radius 3 is 2.48 bits per heavy atom. The lowest BCUT2D eigenvalue weighted by Gasteiger charge is -2.43. The molecule has 44 heavy (non-hydrogen) atoms. The third kappa shape index (κ3) is 7.40. The molecule has 11 nitrogen and oxygen atoms in total. The summed E-state index contributed by atoms with van der Waals surface area (Å²) in [6, 6.07) is 12.9. The van der Waals surface area contributed by atoms with Gasteiger partial charge in [-0.1, -0.05) is 45.0 Å². The SMILES string of the molecule is Cn1nnnc1-c1cccc(NC(=O)NC2CCN(C(=O)C(C)(C)C)CC2C(=O)N2CCC[C@H](Cc3ccc(F)cc3)C2)c1. The number of hydrogen-bond acceptors (Lipinski definition) is 6. The second kappa shape index (κ2) is 13.1. The van der Waals surface area contributed by atoms with Crippen molar-refractivity contribution in [3.8, 4) is 11.4 Å². The van der Waals surface area contributed by atoms with Gasteiger partial charge in [0.15, 0.2) is 5.82 Å². The van der Waals surface area contributed by atoms with Gasteiger partial charge in [0.05, 0.1) is 5.92 Å². The van der Waals surface area contributed by atoms with Crippen molar-refractivity contribution in [2.24, 2.45) is 24.3 Å². The molecule has 234 valence electrons. The van der Waals surface area contributed by atoms with Crippen LogP contribution < -0.4 is 10.6 Å². The van der Waals surface area contributed by atoms with Gasteiger partial charge in [-0.25, -0.2) is 13.9 Å². The van der Waals surface area contributed by atoms with E-state index in [1.807, 2.05) is 31.7 Å². The third-order valence-electron chi connectivity index (χ3n) is 8.44. The summed E-state index contributed by atoms with van der Waals surface area (Å²) in [5, 5.41) is 17.5. The number of carbonyl (C=O) groups is 3. The van der Waals surface area contributed by atoms with Crippen LogP contribution in [0.3, 0.4) is 0 Å². The molecule has 2 aliphatic rings. The van der Waals surface area contributed by atoms with Crippen LogP contribution in [0.2, 0.25) is 0 Å². The highest BCUT2D eigenvalue weighted by Crippen LogP contribution is 2.28. The zero-order chi connectivity index (χ0) is 31.4. The van der Waals surface area contributed by atoms with E-state index in [0.29, 0.717) is 37.6 Å². The van der Waals surface area contributed by atoms with Gasteiger partial charge >= 0.3 is 6.03 Å². The molecule has 5 rings (SSSR count). The molecule has 2 unspecified atom stereocenters. The zero-order valence-electron chi connectivity index (χ0n) is 25.8. The van der Waals surface area contributed by atoms with Crippen molar-refractivity contribution in [2.45, 2.75) is 52.5 Å². The van der Waals surface area contributed by atoms with Gasteiger partial charge in [0.1, 0.15) is 5.82 Å². The zero-order valence-corrected chi connectivity index (χ0v) is 25.8. The number of amides is 4. The highest BCUT2D eigenvalue weighted by molar-refractivity contribution is 5.91. The normalized spacial score (nSPS) is 20.7. The molecule has 0 spiro atoms. The number of rotatable bonds is 6. The van der Waals surface area contributed by atoms with E-state index < -0.39 is 23.4 Å². The van der Waals surface area contributed by atoms with Gasteiger partial charge in [0, 0.05) is 55.9 Å². The number of nitrogens with one attached hydrogen (secondary N) is 2. The molecule has 2 saturated heterocycles. The fraction of sp³-hybridized carbons (Fsp3) is 0.500. The number of aromatic nitrogens is 4. The lowest BCUT2D eigenvalue weighted by atomic mass is 9.86. The number of nitrogens with zero attached hydrogens (tertiary/aromatic N) is 6. The van der Waals surface area contributed by atoms with Crippen molar-refractivity contribution in [3.63, 3.8) is 0 Å². The van der Waals surface area contributed by atoms with Crippen LogP contribution in [0, 0.1) is 23.1 Å². The predicted octanol–water partition coefficient (Wildman–Crippen LogP) is 3.88. The van der Waals surface area contributed by atoms with Gasteiger partial charge in [-0.05, 0) is 71.9 Å². The van der Waals surface area contributed by atoms with Gasteiger partial charge in [-0.2, -0.15) is 0 Å². The summed E-state index contributed by atoms with van der Waals surface area (Å²) in [7, 11) is 1.74. The van der Waals surface area contributed by atoms with Gasteiger partial charge < -0.3 is 20.4 Å². The lowest BCUT2D eigenvalue weighted by molar-refractivity contribution is -0.147. The molecule has 3 heterocycles. The Kier molecular flexibility index (Phi) is 9.26. The van der Waals surface area contributed by atoms with E-state index in [-0.39, 0.29) is 30.1 Å². The Labute approximate surface area is 257 Å². The molecule has 4 amide bonds. The van der Waals surface area contributed by atoms with Crippen molar-refractivity contribution < 1.29 is 18.8 Å². The number of hydrogen-bond donors (Lipinski definition) is 2. The molecule has 2 N–H and O–H groups in total. The average Bonchev–Trinajstić information content (AvgIpc) is 3.43. The summed E-state index contributed by atoms with van der Waals surface area (Å²) in [6.07, 6.45) is 3.07. The van der Waals surface area contributed by atoms with Crippen LogP contribution in [0.15, 0.2) is 48.5 Å². The van der Waals surface area contributed by atoms with Gasteiger partial charge in [0.2, 0.25) is 11.8 Å². The topological polar surface area (TPSA) is 125 Å². The van der Waals surface area contributed by atoms with Gasteiger partial charge in [-0.15, -0.1) is 5.10 Å². The number of urea groups is 1. The van der Waals surface area contributed by atoms with E-state index in [2.05, 4.69) is 26.2 Å². The summed E-state index contributed by atoms with van der Waals surface area (Å²) in [4.78, 5) is 44.2. The quantitative estimate of drug-likeness (QED) is 0.440. The first-order valence-electron chi connectivity index (χ1n) is 15.2. The highest BCUT2D eigenvalue weighted by atomic mass is 19.1. The minimum Gasteiger partial charge on any atom is -0.342 e. The fourth-order valence-corrected chi connectivity index (χ4v) is 6.20. The molecular formula is C32H41FN8O3. The number of aryl methyl sites for hydroxylation is 1. The first kappa shape index (κ1) is 31.1. The summed E-state index contributed by atoms with van der Waals surface area (Å²) in [6.45, 7) is 7.54. The van der Waals surface area contributed by atoms with Crippen LogP contribution >= 0.6 is 0 Å². The summed E-state index contributed by atoms with van der Waals surface area (Å²) >= 11 is 0. The van der Waals surface area contributed by atoms with Gasteiger partial charge in [0.25, 0.3) is 0 Å². The van der Waals surface area contributed by atoms with E-state index in [4.69, 9.17) is 0 Å². The number of piperidine rings is 2. The average molecular weight is 605 g/mol. The van der Waals surface area contributed by atoms with Crippen LogP contribution in [-0.2, 0) is 23.1 Å². The Morgan fingerprint density at radius 2 is 1.77 bits per heavy atom. The second-order valence-electron chi connectivity index (χ2n) is 12.9. The third-order valence-corrected chi connectivity index (χ3v) is 8.44. The van der Waals surface area contributed by atoms with Crippen LogP contribution in [0.25, 0.3) is 11.4 Å². The molecule has 3 atom stereocenters. The maximum atomic E-state index is 14.1. The first-order chi connectivity index (χ1) is 21.0. The Morgan fingerprint density at radius 1 is 1.00 bits per heavy atom. The number of anilines is 1. The van der Waals surface area contributed by atoms with E-state index in [1.165, 1.54) is 12.1 Å². The van der Waals surface area contributed by atoms with Crippen LogP contribution in [0.4, 0.5) is 14.9 Å². The number of halogens is 1. The Hall–Kier alpha value is -4.35. The van der Waals surface area contributed by atoms with Crippen molar-refractivity contribution >= 4 is 23.5 Å². The molecule has 3 aromatic rings. The number of benzene rings is 2. The highest BCUT2D eigenvalue weighted by Gasteiger charge is 2.41. The van der Waals surface area contributed by atoms with Crippen LogP contribution in [-0.4, -0.2) is 80.1 Å². The first-order valence-corrected chi connectivity index (χ1v) is 15.2. The largest absolute Gasteiger partial charge is 0.342 e. The maximum Gasteiger partial charge on any atom is 0.319 e. The summed E-state index contributed by atoms with van der Waals surface area (Å²) in [5.74, 6) is -0.0984. The summed E-state index contributed by atoms with van der Waals surface area (Å²) < 4.78 is 15.0. The Balaban J connectivity index is 1.29. The second-order valence-corrected chi connectivity index (χ2v) is 12.9. The molecule has 0 aliphatic carbocycles. The molecule has 2 aromatic carbocycles. The number of tetrazole rings is 1. The molecule has 0 saturated carbocycles. The molecule has 2 aliphatic heterocycles. The molecule has 12 heteroatoms. The van der Waals surface area contributed by atoms with Crippen molar-refractivity contribution in [1.29, 1.82) is 0 Å². The van der Waals surface area contributed by atoms with E-state index in [1.54, 1.807) is 47.0 Å². The number of likely N-dealkylation sites (tertiary alicyclic amines) is 2. The lowest BCUT2D eigenvalue weighted by Crippen LogP contribution is -2.59. The molecule has 0 radical (unpaired) electrons. The van der Waals surface area contributed by atoms with E-state index in [9.17, 15) is 18.8 Å². The maximum absolute atomic E-state index is 14.1. The monoisotopic (exact) mass is 604 g/mol. The van der Waals surface area contributed by atoms with Crippen LogP contribution in [0.1, 0.15) is 45.6 Å². The predicted molar refractivity (Wildman–Crippen MR) is 164 cm³/mol. The van der Waals surface area contributed by atoms with Crippen molar-refractivity contribution in [1.82, 2.24) is 35.3 Å². The molecule has 2 fully saturated rings. The summed E-state index contributed by atoms with van der Waals surface area (Å²) in [5.41, 5.74) is 1.77. The molecule has 0 bridgehead atoms. The molecular weight excluding hydrogens is 563 g/mol. The Bertz CT molecular complexity index is 1490. The number of carbonyl (C=O) groups excluding carboxylic acids is 3. The fourth-order valence-electron chi connectivity index (χ4n) is 6.20. The van der Waals surface area contributed by atoms with Gasteiger partial charge in [-0.3, -0.25) is 9.59 Å². The van der Waals surface area contributed by atoms with E-state index >= 15 is 0 Å². The van der Waals surface area contributed by atoms with Crippen molar-refractivity contribution in [2.75, 3.05) is 31.5 Å². The molecule has 1 aromatic heterocycles. The van der Waals surface area contributed by atoms with E-state index in [0.717, 1.165) is 30.4 Å².